The monoisotopic (exact) mass is 420 g/mol. The molecule has 1 atom stereocenters. The van der Waals surface area contributed by atoms with Crippen LogP contribution in [0.15, 0.2) is 36.9 Å². The topological polar surface area (TPSA) is 123 Å². The average Bonchev–Trinajstić information content (AvgIpc) is 3.21. The van der Waals surface area contributed by atoms with Crippen LogP contribution in [0.4, 0.5) is 11.5 Å². The van der Waals surface area contributed by atoms with E-state index in [1.807, 2.05) is 45.9 Å². The van der Waals surface area contributed by atoms with Crippen LogP contribution < -0.4 is 15.0 Å². The molecule has 4 heterocycles. The first-order chi connectivity index (χ1) is 14.8. The number of imidazole rings is 1. The molecule has 0 aliphatic rings. The number of nitrogens with zero attached hydrogens (tertiary/aromatic N) is 4. The number of aromatic nitrogens is 6. The molecule has 0 amide bonds. The summed E-state index contributed by atoms with van der Waals surface area (Å²) in [5, 5.41) is 14.2. The van der Waals surface area contributed by atoms with Crippen LogP contribution in [0, 0.1) is 12.3 Å². The van der Waals surface area contributed by atoms with Crippen LogP contribution >= 0.6 is 0 Å². The molecule has 0 bridgehead atoms. The van der Waals surface area contributed by atoms with Gasteiger partial charge in [-0.05, 0) is 24.5 Å². The molecule has 4 N–H and O–H groups in total. The van der Waals surface area contributed by atoms with Gasteiger partial charge in [0, 0.05) is 17.3 Å². The number of hydrogen-bond donors (Lipinski definition) is 3. The summed E-state index contributed by atoms with van der Waals surface area (Å²) in [6, 6.07) is 5.62. The maximum absolute atomic E-state index is 10.9. The van der Waals surface area contributed by atoms with E-state index in [9.17, 15) is 5.11 Å². The Morgan fingerprint density at radius 3 is 2.68 bits per heavy atom. The Labute approximate surface area is 180 Å². The van der Waals surface area contributed by atoms with Gasteiger partial charge in [-0.1, -0.05) is 20.8 Å². The van der Waals surface area contributed by atoms with Crippen molar-refractivity contribution in [2.45, 2.75) is 33.8 Å². The molecule has 1 unspecified atom stereocenters. The fourth-order valence-corrected chi connectivity index (χ4v) is 3.30. The van der Waals surface area contributed by atoms with Crippen LogP contribution in [0.2, 0.25) is 0 Å². The Hall–Kier alpha value is -3.59. The zero-order valence-corrected chi connectivity index (χ0v) is 18.2. The van der Waals surface area contributed by atoms with E-state index < -0.39 is 6.10 Å². The number of rotatable bonds is 5. The maximum Gasteiger partial charge on any atom is 0.365 e. The number of aliphatic hydroxyl groups excluding tert-OH is 1. The molecule has 0 aromatic carbocycles. The molecular formula is C22H26N7O2+. The summed E-state index contributed by atoms with van der Waals surface area (Å²) < 4.78 is 5.18. The Morgan fingerprint density at radius 1 is 1.19 bits per heavy atom. The Morgan fingerprint density at radius 2 is 2.00 bits per heavy atom. The molecular weight excluding hydrogens is 394 g/mol. The van der Waals surface area contributed by atoms with Crippen molar-refractivity contribution >= 4 is 22.7 Å². The number of hydrogen-bond acceptors (Lipinski definition) is 7. The van der Waals surface area contributed by atoms with Crippen molar-refractivity contribution in [3.05, 3.63) is 48.3 Å². The molecule has 4 aromatic rings. The average molecular weight is 420 g/mol. The fraction of sp³-hybridized carbons (Fsp3) is 0.318. The summed E-state index contributed by atoms with van der Waals surface area (Å²) >= 11 is 0. The van der Waals surface area contributed by atoms with Gasteiger partial charge >= 0.3 is 5.88 Å². The highest BCUT2D eigenvalue weighted by Gasteiger charge is 2.26. The van der Waals surface area contributed by atoms with Crippen LogP contribution in [0.25, 0.3) is 22.4 Å². The minimum atomic E-state index is -0.692. The highest BCUT2D eigenvalue weighted by Crippen LogP contribution is 2.37. The number of pyridine rings is 2. The number of anilines is 2. The third-order valence-corrected chi connectivity index (χ3v) is 4.96. The van der Waals surface area contributed by atoms with Gasteiger partial charge in [0.2, 0.25) is 0 Å². The molecule has 31 heavy (non-hydrogen) atoms. The normalized spacial score (nSPS) is 12.7. The first-order valence-electron chi connectivity index (χ1n) is 9.95. The van der Waals surface area contributed by atoms with E-state index in [1.165, 1.54) is 0 Å². The van der Waals surface area contributed by atoms with Crippen LogP contribution in [-0.4, -0.2) is 37.1 Å². The lowest BCUT2D eigenvalue weighted by Gasteiger charge is -2.26. The number of ether oxygens (including phenoxy) is 1. The lowest BCUT2D eigenvalue weighted by Crippen LogP contribution is -2.18. The largest absolute Gasteiger partial charge is 0.448 e. The molecule has 0 aliphatic carbocycles. The second-order valence-corrected chi connectivity index (χ2v) is 8.42. The van der Waals surface area contributed by atoms with Gasteiger partial charge in [0.25, 0.3) is 0 Å². The number of aryl methyl sites for hydroxylation is 1. The molecule has 160 valence electrons. The zero-order valence-electron chi connectivity index (χ0n) is 18.2. The van der Waals surface area contributed by atoms with E-state index in [0.717, 1.165) is 11.3 Å². The van der Waals surface area contributed by atoms with E-state index >= 15 is 0 Å². The number of aliphatic hydroxyl groups is 1. The van der Waals surface area contributed by atoms with Crippen molar-refractivity contribution < 1.29 is 14.8 Å². The van der Waals surface area contributed by atoms with Crippen molar-refractivity contribution in [1.29, 1.82) is 0 Å². The highest BCUT2D eigenvalue weighted by atomic mass is 16.5. The third kappa shape index (κ3) is 4.17. The van der Waals surface area contributed by atoms with E-state index in [0.29, 0.717) is 39.9 Å². The van der Waals surface area contributed by atoms with Crippen LogP contribution in [0.3, 0.4) is 0 Å². The van der Waals surface area contributed by atoms with Crippen molar-refractivity contribution in [2.75, 3.05) is 12.4 Å². The Balaban J connectivity index is 1.87. The standard InChI is InChI=1S/C22H25N7O2/c1-12-27-17(18-21(28-12)26-11-25-18)15-8-13(19(30)22(2,3)4)9-24-20(15)29-14-6-7-16(31-5)23-10-14/h6-11,19,30H,1-5H3,(H,24,29)(H,25,26,27,28)/p+1. The molecule has 4 aromatic heterocycles. The minimum Gasteiger partial charge on any atom is -0.448 e. The van der Waals surface area contributed by atoms with Crippen LogP contribution in [0.1, 0.15) is 38.3 Å². The highest BCUT2D eigenvalue weighted by molar-refractivity contribution is 5.91. The summed E-state index contributed by atoms with van der Waals surface area (Å²) in [6.45, 7) is 7.78. The lowest BCUT2D eigenvalue weighted by molar-refractivity contribution is -0.392. The predicted molar refractivity (Wildman–Crippen MR) is 117 cm³/mol. The SMILES string of the molecule is COc1ccc(Nc2ncc(C(O)C(C)(C)C)cc2-c2nc(C)nc3nc[nH]c23)c[nH+]1. The van der Waals surface area contributed by atoms with E-state index in [-0.39, 0.29) is 5.41 Å². The first-order valence-corrected chi connectivity index (χ1v) is 9.95. The van der Waals surface area contributed by atoms with Crippen molar-refractivity contribution in [1.82, 2.24) is 24.9 Å². The van der Waals surface area contributed by atoms with Gasteiger partial charge in [-0.15, -0.1) is 0 Å². The van der Waals surface area contributed by atoms with Crippen molar-refractivity contribution in [2.24, 2.45) is 5.41 Å². The lowest BCUT2D eigenvalue weighted by atomic mass is 9.85. The van der Waals surface area contributed by atoms with Crippen LogP contribution in [0.5, 0.6) is 5.88 Å². The van der Waals surface area contributed by atoms with Crippen LogP contribution in [-0.2, 0) is 0 Å². The second kappa shape index (κ2) is 7.92. The Kier molecular flexibility index (Phi) is 5.28. The maximum atomic E-state index is 10.9. The van der Waals surface area contributed by atoms with Gasteiger partial charge in [0.1, 0.15) is 28.5 Å². The molecule has 9 nitrogen and oxygen atoms in total. The predicted octanol–water partition coefficient (Wildman–Crippen LogP) is 3.37. The number of nitrogens with one attached hydrogen (secondary N) is 3. The Bertz CT molecular complexity index is 1210. The fourth-order valence-electron chi connectivity index (χ4n) is 3.30. The van der Waals surface area contributed by atoms with E-state index in [4.69, 9.17) is 4.74 Å². The summed E-state index contributed by atoms with van der Waals surface area (Å²) in [4.78, 5) is 24.1. The summed E-state index contributed by atoms with van der Waals surface area (Å²) in [5.41, 5.74) is 3.84. The molecule has 0 spiro atoms. The van der Waals surface area contributed by atoms with Crippen molar-refractivity contribution in [3.63, 3.8) is 0 Å². The summed E-state index contributed by atoms with van der Waals surface area (Å²) in [7, 11) is 1.60. The van der Waals surface area contributed by atoms with Gasteiger partial charge < -0.3 is 20.1 Å². The summed E-state index contributed by atoms with van der Waals surface area (Å²) in [5.74, 6) is 1.84. The van der Waals surface area contributed by atoms with Gasteiger partial charge in [0.15, 0.2) is 11.8 Å². The number of H-pyrrole nitrogens is 2. The summed E-state index contributed by atoms with van der Waals surface area (Å²) in [6.07, 6.45) is 4.38. The zero-order chi connectivity index (χ0) is 22.2. The van der Waals surface area contributed by atoms with E-state index in [1.54, 1.807) is 25.8 Å². The van der Waals surface area contributed by atoms with E-state index in [2.05, 4.69) is 35.2 Å². The second-order valence-electron chi connectivity index (χ2n) is 8.42. The molecule has 0 fully saturated rings. The quantitative estimate of drug-likeness (QED) is 0.452. The van der Waals surface area contributed by atoms with Gasteiger partial charge in [-0.25, -0.2) is 19.9 Å². The van der Waals surface area contributed by atoms with Gasteiger partial charge in [-0.3, -0.25) is 0 Å². The number of fused-ring (bicyclic) bond motifs is 1. The minimum absolute atomic E-state index is 0.344. The van der Waals surface area contributed by atoms with Gasteiger partial charge in [-0.2, -0.15) is 4.98 Å². The number of aromatic amines is 2. The molecule has 9 heteroatoms. The molecule has 0 saturated heterocycles. The molecule has 0 aliphatic heterocycles. The third-order valence-electron chi connectivity index (χ3n) is 4.96. The smallest absolute Gasteiger partial charge is 0.365 e. The molecule has 0 radical (unpaired) electrons. The molecule has 4 rings (SSSR count). The van der Waals surface area contributed by atoms with Crippen molar-refractivity contribution in [3.8, 4) is 17.1 Å². The number of methoxy groups -OCH3 is 1. The van der Waals surface area contributed by atoms with Gasteiger partial charge in [0.05, 0.1) is 25.6 Å². The first kappa shape index (κ1) is 20.7. The molecule has 0 saturated carbocycles.